The fourth-order valence-corrected chi connectivity index (χ4v) is 2.19. The van der Waals surface area contributed by atoms with Gasteiger partial charge in [0.15, 0.2) is 0 Å². The van der Waals surface area contributed by atoms with Crippen LogP contribution in [0.4, 0.5) is 10.1 Å². The smallest absolute Gasteiger partial charge is 0.129 e. The molecule has 4 heteroatoms. The third-order valence-electron chi connectivity index (χ3n) is 3.42. The van der Waals surface area contributed by atoms with Gasteiger partial charge in [-0.1, -0.05) is 29.8 Å². The number of benzene rings is 2. The van der Waals surface area contributed by atoms with Crippen molar-refractivity contribution in [3.05, 3.63) is 64.4 Å². The third kappa shape index (κ3) is 3.53. The van der Waals surface area contributed by atoms with Gasteiger partial charge in [-0.25, -0.2) is 4.39 Å². The van der Waals surface area contributed by atoms with Crippen molar-refractivity contribution in [2.24, 2.45) is 0 Å². The zero-order chi connectivity index (χ0) is 15.5. The van der Waals surface area contributed by atoms with Gasteiger partial charge in [0.1, 0.15) is 5.82 Å². The average molecular weight is 303 g/mol. The van der Waals surface area contributed by atoms with E-state index in [4.69, 9.17) is 16.9 Å². The van der Waals surface area contributed by atoms with Gasteiger partial charge in [0.25, 0.3) is 0 Å². The lowest BCUT2D eigenvalue weighted by Gasteiger charge is -2.16. The van der Waals surface area contributed by atoms with Gasteiger partial charge in [-0.15, -0.1) is 0 Å². The summed E-state index contributed by atoms with van der Waals surface area (Å²) in [5, 5.41) is 12.6. The fraction of sp³-hybridized carbons (Fsp3) is 0.235. The highest BCUT2D eigenvalue weighted by atomic mass is 35.5. The molecule has 0 aliphatic rings. The third-order valence-corrected chi connectivity index (χ3v) is 3.77. The zero-order valence-corrected chi connectivity index (χ0v) is 12.7. The van der Waals surface area contributed by atoms with E-state index in [9.17, 15) is 4.39 Å². The van der Waals surface area contributed by atoms with E-state index in [0.717, 1.165) is 11.3 Å². The highest BCUT2D eigenvalue weighted by Crippen LogP contribution is 2.24. The average Bonchev–Trinajstić information content (AvgIpc) is 2.47. The molecule has 2 rings (SSSR count). The Balaban J connectivity index is 2.10. The summed E-state index contributed by atoms with van der Waals surface area (Å²) in [7, 11) is 0. The second-order valence-corrected chi connectivity index (χ2v) is 5.78. The molecule has 0 aliphatic heterocycles. The van der Waals surface area contributed by atoms with Gasteiger partial charge in [-0.2, -0.15) is 5.26 Å². The van der Waals surface area contributed by atoms with E-state index >= 15 is 0 Å². The molecule has 0 aromatic heterocycles. The van der Waals surface area contributed by atoms with Crippen LogP contribution in [-0.2, 0) is 12.0 Å². The highest BCUT2D eigenvalue weighted by molar-refractivity contribution is 6.31. The Morgan fingerprint density at radius 2 is 1.86 bits per heavy atom. The van der Waals surface area contributed by atoms with Gasteiger partial charge in [-0.3, -0.25) is 0 Å². The molecule has 21 heavy (non-hydrogen) atoms. The van der Waals surface area contributed by atoms with Crippen LogP contribution in [0.5, 0.6) is 0 Å². The standard InChI is InChI=1S/C17H16ClFN2/c1-17(2,11-20)12-6-8-13(9-7-12)21-10-14-15(18)4-3-5-16(14)19/h3-9,21H,10H2,1-2H3. The molecular formula is C17H16ClFN2. The molecule has 0 bridgehead atoms. The van der Waals surface area contributed by atoms with Crippen LogP contribution in [0.1, 0.15) is 25.0 Å². The van der Waals surface area contributed by atoms with E-state index < -0.39 is 5.41 Å². The van der Waals surface area contributed by atoms with E-state index in [0.29, 0.717) is 17.1 Å². The van der Waals surface area contributed by atoms with E-state index in [1.165, 1.54) is 6.07 Å². The van der Waals surface area contributed by atoms with Crippen LogP contribution in [-0.4, -0.2) is 0 Å². The Bertz CT molecular complexity index is 652. The lowest BCUT2D eigenvalue weighted by molar-refractivity contribution is 0.613. The number of nitrogens with zero attached hydrogens (tertiary/aromatic N) is 1. The SMILES string of the molecule is CC(C)(C#N)c1ccc(NCc2c(F)cccc2Cl)cc1. The van der Waals surface area contributed by atoms with Gasteiger partial charge >= 0.3 is 0 Å². The van der Waals surface area contributed by atoms with Crippen molar-refractivity contribution in [2.45, 2.75) is 25.8 Å². The minimum atomic E-state index is -0.520. The van der Waals surface area contributed by atoms with Crippen LogP contribution in [0.25, 0.3) is 0 Å². The molecule has 0 atom stereocenters. The van der Waals surface area contributed by atoms with Crippen molar-refractivity contribution < 1.29 is 4.39 Å². The van der Waals surface area contributed by atoms with Crippen LogP contribution in [0.2, 0.25) is 5.02 Å². The molecule has 0 unspecified atom stereocenters. The predicted molar refractivity (Wildman–Crippen MR) is 83.8 cm³/mol. The first-order valence-corrected chi connectivity index (χ1v) is 7.00. The second kappa shape index (κ2) is 6.15. The summed E-state index contributed by atoms with van der Waals surface area (Å²) in [6.45, 7) is 4.05. The molecule has 0 saturated heterocycles. The molecule has 1 N–H and O–H groups in total. The Morgan fingerprint density at radius 1 is 1.19 bits per heavy atom. The molecule has 0 aliphatic carbocycles. The van der Waals surface area contributed by atoms with E-state index in [-0.39, 0.29) is 5.82 Å². The lowest BCUT2D eigenvalue weighted by Crippen LogP contribution is -2.13. The van der Waals surface area contributed by atoms with Gasteiger partial charge in [0.2, 0.25) is 0 Å². The monoisotopic (exact) mass is 302 g/mol. The Morgan fingerprint density at radius 3 is 2.43 bits per heavy atom. The fourth-order valence-electron chi connectivity index (χ4n) is 1.96. The molecule has 0 saturated carbocycles. The molecule has 2 aromatic rings. The number of nitrogens with one attached hydrogen (secondary N) is 1. The summed E-state index contributed by atoms with van der Waals surface area (Å²) in [6.07, 6.45) is 0. The highest BCUT2D eigenvalue weighted by Gasteiger charge is 2.19. The van der Waals surface area contributed by atoms with Crippen molar-refractivity contribution in [2.75, 3.05) is 5.32 Å². The molecule has 2 nitrogen and oxygen atoms in total. The van der Waals surface area contributed by atoms with Crippen LogP contribution in [0.15, 0.2) is 42.5 Å². The van der Waals surface area contributed by atoms with Crippen LogP contribution >= 0.6 is 11.6 Å². The summed E-state index contributed by atoms with van der Waals surface area (Å²) in [6, 6.07) is 14.5. The number of anilines is 1. The maximum atomic E-state index is 13.7. The van der Waals surface area contributed by atoms with Crippen LogP contribution < -0.4 is 5.32 Å². The summed E-state index contributed by atoms with van der Waals surface area (Å²) in [4.78, 5) is 0. The predicted octanol–water partition coefficient (Wildman–Crippen LogP) is 4.89. The Kier molecular flexibility index (Phi) is 4.50. The van der Waals surface area contributed by atoms with Gasteiger partial charge in [0.05, 0.1) is 11.5 Å². The number of rotatable bonds is 4. The number of hydrogen-bond acceptors (Lipinski definition) is 2. The van der Waals surface area contributed by atoms with Crippen molar-refractivity contribution in [3.8, 4) is 6.07 Å². The van der Waals surface area contributed by atoms with E-state index in [2.05, 4.69) is 11.4 Å². The first kappa shape index (κ1) is 15.3. The summed E-state index contributed by atoms with van der Waals surface area (Å²) in [5.74, 6) is -0.322. The van der Waals surface area contributed by atoms with Crippen molar-refractivity contribution >= 4 is 17.3 Å². The molecule has 0 heterocycles. The molecule has 0 radical (unpaired) electrons. The van der Waals surface area contributed by atoms with Gasteiger partial charge < -0.3 is 5.32 Å². The van der Waals surface area contributed by atoms with Gasteiger partial charge in [0, 0.05) is 22.8 Å². The van der Waals surface area contributed by atoms with Crippen molar-refractivity contribution in [1.29, 1.82) is 5.26 Å². The maximum absolute atomic E-state index is 13.7. The second-order valence-electron chi connectivity index (χ2n) is 5.37. The number of nitriles is 1. The van der Waals surface area contributed by atoms with Gasteiger partial charge in [-0.05, 0) is 43.7 Å². The minimum Gasteiger partial charge on any atom is -0.381 e. The summed E-state index contributed by atoms with van der Waals surface area (Å²) in [5.41, 5.74) is 1.72. The molecular weight excluding hydrogens is 287 g/mol. The Hall–Kier alpha value is -2.05. The molecule has 2 aromatic carbocycles. The quantitative estimate of drug-likeness (QED) is 0.872. The summed E-state index contributed by atoms with van der Waals surface area (Å²) >= 11 is 5.98. The lowest BCUT2D eigenvalue weighted by atomic mass is 9.86. The Labute approximate surface area is 129 Å². The first-order valence-electron chi connectivity index (χ1n) is 6.62. The molecule has 0 spiro atoms. The van der Waals surface area contributed by atoms with Crippen LogP contribution in [0, 0.1) is 17.1 Å². The van der Waals surface area contributed by atoms with E-state index in [1.807, 2.05) is 38.1 Å². The maximum Gasteiger partial charge on any atom is 0.129 e. The van der Waals surface area contributed by atoms with E-state index in [1.54, 1.807) is 12.1 Å². The largest absolute Gasteiger partial charge is 0.381 e. The number of hydrogen-bond donors (Lipinski definition) is 1. The first-order chi connectivity index (χ1) is 9.94. The zero-order valence-electron chi connectivity index (χ0n) is 12.0. The minimum absolute atomic E-state index is 0.312. The molecule has 108 valence electrons. The number of halogens is 2. The topological polar surface area (TPSA) is 35.8 Å². The molecule has 0 fully saturated rings. The molecule has 0 amide bonds. The normalized spacial score (nSPS) is 11.0. The summed E-state index contributed by atoms with van der Waals surface area (Å²) < 4.78 is 13.7. The van der Waals surface area contributed by atoms with Crippen molar-refractivity contribution in [1.82, 2.24) is 0 Å². The van der Waals surface area contributed by atoms with Crippen LogP contribution in [0.3, 0.4) is 0 Å². The van der Waals surface area contributed by atoms with Crippen molar-refractivity contribution in [3.63, 3.8) is 0 Å².